The first-order chi connectivity index (χ1) is 11.1. The predicted octanol–water partition coefficient (Wildman–Crippen LogP) is 4.35. The highest BCUT2D eigenvalue weighted by atomic mass is 16.5. The van der Waals surface area contributed by atoms with Gasteiger partial charge in [-0.2, -0.15) is 0 Å². The third kappa shape index (κ3) is 5.09. The molecule has 0 aromatic heterocycles. The molecule has 0 heterocycles. The van der Waals surface area contributed by atoms with Crippen molar-refractivity contribution in [3.8, 4) is 17.2 Å². The minimum atomic E-state index is 0.512. The van der Waals surface area contributed by atoms with Crippen molar-refractivity contribution in [3.63, 3.8) is 0 Å². The van der Waals surface area contributed by atoms with Crippen LogP contribution >= 0.6 is 0 Å². The molecule has 0 saturated heterocycles. The van der Waals surface area contributed by atoms with Crippen molar-refractivity contribution in [1.82, 2.24) is 0 Å². The zero-order valence-corrected chi connectivity index (χ0v) is 14.3. The van der Waals surface area contributed by atoms with E-state index in [0.717, 1.165) is 35.1 Å². The highest BCUT2D eigenvalue weighted by Crippen LogP contribution is 2.29. The van der Waals surface area contributed by atoms with E-state index in [4.69, 9.17) is 14.2 Å². The van der Waals surface area contributed by atoms with Crippen molar-refractivity contribution in [2.24, 2.45) is 5.92 Å². The van der Waals surface area contributed by atoms with Gasteiger partial charge in [0, 0.05) is 12.6 Å². The monoisotopic (exact) mass is 315 g/mol. The van der Waals surface area contributed by atoms with Crippen molar-refractivity contribution in [1.29, 1.82) is 0 Å². The van der Waals surface area contributed by atoms with Crippen LogP contribution in [0.3, 0.4) is 0 Å². The molecule has 0 saturated carbocycles. The molecule has 0 aliphatic carbocycles. The van der Waals surface area contributed by atoms with Gasteiger partial charge in [-0.25, -0.2) is 0 Å². The molecule has 0 amide bonds. The SMILES string of the molecule is COc1ccc(OC)c(NCc2cccc(OCC(C)C)c2)c1. The number of rotatable bonds is 8. The number of anilines is 1. The van der Waals surface area contributed by atoms with Crippen LogP contribution in [0.5, 0.6) is 17.2 Å². The molecule has 0 aliphatic heterocycles. The Labute approximate surface area is 138 Å². The van der Waals surface area contributed by atoms with Crippen LogP contribution in [-0.4, -0.2) is 20.8 Å². The molecule has 0 unspecified atom stereocenters. The van der Waals surface area contributed by atoms with Crippen LogP contribution in [0.25, 0.3) is 0 Å². The fourth-order valence-corrected chi connectivity index (χ4v) is 2.16. The molecule has 2 rings (SSSR count). The Hall–Kier alpha value is -2.36. The number of hydrogen-bond acceptors (Lipinski definition) is 4. The summed E-state index contributed by atoms with van der Waals surface area (Å²) in [6.07, 6.45) is 0. The van der Waals surface area contributed by atoms with Crippen molar-refractivity contribution in [2.45, 2.75) is 20.4 Å². The molecule has 23 heavy (non-hydrogen) atoms. The number of benzene rings is 2. The zero-order chi connectivity index (χ0) is 16.7. The lowest BCUT2D eigenvalue weighted by Gasteiger charge is -2.14. The van der Waals surface area contributed by atoms with Crippen LogP contribution in [0, 0.1) is 5.92 Å². The molecule has 0 bridgehead atoms. The van der Waals surface area contributed by atoms with Crippen molar-refractivity contribution in [3.05, 3.63) is 48.0 Å². The summed E-state index contributed by atoms with van der Waals surface area (Å²) in [5.41, 5.74) is 2.05. The average molecular weight is 315 g/mol. The molecule has 4 nitrogen and oxygen atoms in total. The lowest BCUT2D eigenvalue weighted by Crippen LogP contribution is -2.05. The normalized spacial score (nSPS) is 10.5. The van der Waals surface area contributed by atoms with E-state index in [9.17, 15) is 0 Å². The number of methoxy groups -OCH3 is 2. The third-order valence-corrected chi connectivity index (χ3v) is 3.37. The minimum Gasteiger partial charge on any atom is -0.497 e. The molecule has 4 heteroatoms. The smallest absolute Gasteiger partial charge is 0.142 e. The van der Waals surface area contributed by atoms with Gasteiger partial charge in [-0.15, -0.1) is 0 Å². The van der Waals surface area contributed by atoms with Gasteiger partial charge in [0.1, 0.15) is 17.2 Å². The number of ether oxygens (including phenoxy) is 3. The Balaban J connectivity index is 2.04. The fraction of sp³-hybridized carbons (Fsp3) is 0.368. The quantitative estimate of drug-likeness (QED) is 0.786. The minimum absolute atomic E-state index is 0.512. The van der Waals surface area contributed by atoms with Gasteiger partial charge in [-0.1, -0.05) is 26.0 Å². The Kier molecular flexibility index (Phi) is 6.15. The molecule has 124 valence electrons. The van der Waals surface area contributed by atoms with Crippen LogP contribution < -0.4 is 19.5 Å². The first-order valence-electron chi connectivity index (χ1n) is 7.80. The Morgan fingerprint density at radius 3 is 2.48 bits per heavy atom. The summed E-state index contributed by atoms with van der Waals surface area (Å²) in [7, 11) is 3.31. The Morgan fingerprint density at radius 1 is 0.957 bits per heavy atom. The van der Waals surface area contributed by atoms with Gasteiger partial charge in [0.15, 0.2) is 0 Å². The second kappa shape index (κ2) is 8.32. The fourth-order valence-electron chi connectivity index (χ4n) is 2.16. The maximum atomic E-state index is 5.77. The molecule has 0 radical (unpaired) electrons. The molecule has 0 atom stereocenters. The van der Waals surface area contributed by atoms with Gasteiger partial charge < -0.3 is 19.5 Å². The van der Waals surface area contributed by atoms with Crippen molar-refractivity contribution >= 4 is 5.69 Å². The van der Waals surface area contributed by atoms with E-state index >= 15 is 0 Å². The highest BCUT2D eigenvalue weighted by Gasteiger charge is 2.05. The predicted molar refractivity (Wildman–Crippen MR) is 93.6 cm³/mol. The summed E-state index contributed by atoms with van der Waals surface area (Å²) in [4.78, 5) is 0. The average Bonchev–Trinajstić information content (AvgIpc) is 2.58. The molecule has 2 aromatic carbocycles. The summed E-state index contributed by atoms with van der Waals surface area (Å²) < 4.78 is 16.4. The van der Waals surface area contributed by atoms with Crippen LogP contribution in [0.1, 0.15) is 19.4 Å². The van der Waals surface area contributed by atoms with E-state index in [1.165, 1.54) is 0 Å². The first kappa shape index (κ1) is 17.0. The first-order valence-corrected chi connectivity index (χ1v) is 7.80. The van der Waals surface area contributed by atoms with E-state index in [-0.39, 0.29) is 0 Å². The van der Waals surface area contributed by atoms with Gasteiger partial charge in [0.25, 0.3) is 0 Å². The molecule has 2 aromatic rings. The molecule has 0 aliphatic rings. The van der Waals surface area contributed by atoms with Gasteiger partial charge in [-0.3, -0.25) is 0 Å². The summed E-state index contributed by atoms with van der Waals surface area (Å²) in [5, 5.41) is 3.39. The maximum Gasteiger partial charge on any atom is 0.142 e. The van der Waals surface area contributed by atoms with E-state index in [1.807, 2.05) is 30.3 Å². The van der Waals surface area contributed by atoms with Crippen molar-refractivity contribution < 1.29 is 14.2 Å². The van der Waals surface area contributed by atoms with E-state index in [2.05, 4.69) is 31.3 Å². The number of nitrogens with one attached hydrogen (secondary N) is 1. The van der Waals surface area contributed by atoms with Gasteiger partial charge in [0.05, 0.1) is 26.5 Å². The topological polar surface area (TPSA) is 39.7 Å². The number of hydrogen-bond donors (Lipinski definition) is 1. The molecule has 0 spiro atoms. The van der Waals surface area contributed by atoms with Gasteiger partial charge >= 0.3 is 0 Å². The lowest BCUT2D eigenvalue weighted by molar-refractivity contribution is 0.271. The van der Waals surface area contributed by atoms with Gasteiger partial charge in [-0.05, 0) is 35.7 Å². The van der Waals surface area contributed by atoms with Crippen LogP contribution in [0.2, 0.25) is 0 Å². The van der Waals surface area contributed by atoms with Crippen LogP contribution in [0.4, 0.5) is 5.69 Å². The van der Waals surface area contributed by atoms with E-state index in [1.54, 1.807) is 14.2 Å². The maximum absolute atomic E-state index is 5.77. The van der Waals surface area contributed by atoms with Crippen LogP contribution in [0.15, 0.2) is 42.5 Å². The summed E-state index contributed by atoms with van der Waals surface area (Å²) in [6.45, 7) is 5.68. The van der Waals surface area contributed by atoms with Gasteiger partial charge in [0.2, 0.25) is 0 Å². The van der Waals surface area contributed by atoms with Crippen LogP contribution in [-0.2, 0) is 6.54 Å². The largest absolute Gasteiger partial charge is 0.497 e. The molecule has 1 N–H and O–H groups in total. The molecular formula is C19H25NO3. The van der Waals surface area contributed by atoms with E-state index in [0.29, 0.717) is 12.5 Å². The second-order valence-corrected chi connectivity index (χ2v) is 5.77. The standard InChI is InChI=1S/C19H25NO3/c1-14(2)13-23-17-7-5-6-15(10-17)12-20-18-11-16(21-3)8-9-19(18)22-4/h5-11,14,20H,12-13H2,1-4H3. The second-order valence-electron chi connectivity index (χ2n) is 5.77. The zero-order valence-electron chi connectivity index (χ0n) is 14.3. The summed E-state index contributed by atoms with van der Waals surface area (Å²) >= 11 is 0. The molecule has 0 fully saturated rings. The highest BCUT2D eigenvalue weighted by molar-refractivity contribution is 5.60. The summed E-state index contributed by atoms with van der Waals surface area (Å²) in [6, 6.07) is 13.8. The van der Waals surface area contributed by atoms with E-state index < -0.39 is 0 Å². The Morgan fingerprint density at radius 2 is 1.78 bits per heavy atom. The van der Waals surface area contributed by atoms with Crippen molar-refractivity contribution in [2.75, 3.05) is 26.1 Å². The molecular weight excluding hydrogens is 290 g/mol. The lowest BCUT2D eigenvalue weighted by atomic mass is 10.2. The third-order valence-electron chi connectivity index (χ3n) is 3.37. The summed E-state index contributed by atoms with van der Waals surface area (Å²) in [5.74, 6) is 2.99. The Bertz CT molecular complexity index is 626.